The molecule has 1 aromatic rings. The van der Waals surface area contributed by atoms with Gasteiger partial charge in [-0.1, -0.05) is 6.92 Å². The molecule has 1 N–H and O–H groups in total. The number of hydrogen-bond acceptors (Lipinski definition) is 4. The summed E-state index contributed by atoms with van der Waals surface area (Å²) in [5.74, 6) is 1.39. The van der Waals surface area contributed by atoms with Crippen LogP contribution in [-0.2, 0) is 17.6 Å². The fourth-order valence-electron chi connectivity index (χ4n) is 1.39. The van der Waals surface area contributed by atoms with Gasteiger partial charge in [-0.3, -0.25) is 0 Å². The molecule has 1 aromatic heterocycles. The number of aryl methyl sites for hydroxylation is 1. The van der Waals surface area contributed by atoms with Crippen LogP contribution >= 0.6 is 22.6 Å². The number of nitrogens with zero attached hydrogens (tertiary/aromatic N) is 2. The molecule has 18 heavy (non-hydrogen) atoms. The number of aromatic nitrogens is 2. The Hall–Kier alpha value is -0.570. The van der Waals surface area contributed by atoms with Gasteiger partial charge in [0.1, 0.15) is 18.2 Å². The van der Waals surface area contributed by atoms with E-state index in [1.165, 1.54) is 0 Å². The first-order valence-corrected chi connectivity index (χ1v) is 6.75. The average Bonchev–Trinajstić information content (AvgIpc) is 2.35. The monoisotopic (exact) mass is 371 g/mol. The van der Waals surface area contributed by atoms with E-state index in [2.05, 4.69) is 37.9 Å². The van der Waals surface area contributed by atoms with Crippen molar-refractivity contribution in [3.63, 3.8) is 0 Å². The molecule has 0 bridgehead atoms. The molecular formula is C11H16F2IN3O. The summed E-state index contributed by atoms with van der Waals surface area (Å²) in [6.45, 7) is 1.68. The molecule has 4 nitrogen and oxygen atoms in total. The molecule has 0 saturated carbocycles. The van der Waals surface area contributed by atoms with Crippen molar-refractivity contribution in [2.75, 3.05) is 25.6 Å². The van der Waals surface area contributed by atoms with Crippen LogP contribution in [0.15, 0.2) is 0 Å². The zero-order valence-electron chi connectivity index (χ0n) is 10.3. The first-order chi connectivity index (χ1) is 8.58. The van der Waals surface area contributed by atoms with Gasteiger partial charge in [0.15, 0.2) is 0 Å². The van der Waals surface area contributed by atoms with Crippen LogP contribution in [0.2, 0.25) is 0 Å². The summed E-state index contributed by atoms with van der Waals surface area (Å²) >= 11 is 2.19. The van der Waals surface area contributed by atoms with Crippen LogP contribution in [0.25, 0.3) is 0 Å². The molecule has 0 atom stereocenters. The van der Waals surface area contributed by atoms with E-state index in [1.807, 2.05) is 6.92 Å². The van der Waals surface area contributed by atoms with Gasteiger partial charge in [-0.05, 0) is 29.0 Å². The molecule has 0 unspecified atom stereocenters. The second kappa shape index (κ2) is 7.78. The lowest BCUT2D eigenvalue weighted by molar-refractivity contribution is 0.0183. The highest BCUT2D eigenvalue weighted by atomic mass is 127. The fourth-order valence-corrected chi connectivity index (χ4v) is 2.28. The Bertz CT molecular complexity index is 366. The highest BCUT2D eigenvalue weighted by Gasteiger charge is 2.10. The third-order valence-corrected chi connectivity index (χ3v) is 3.39. The molecule has 0 aliphatic heterocycles. The molecule has 0 radical (unpaired) electrons. The molecule has 7 heteroatoms. The van der Waals surface area contributed by atoms with E-state index in [4.69, 9.17) is 4.74 Å². The summed E-state index contributed by atoms with van der Waals surface area (Å²) in [5, 5.41) is 3.00. The zero-order chi connectivity index (χ0) is 13.5. The minimum absolute atomic E-state index is 0.206. The maximum atomic E-state index is 11.9. The lowest BCUT2D eigenvalue weighted by Gasteiger charge is -2.10. The standard InChI is InChI=1S/C11H16F2IN3O/c1-3-7-10(14)11(15-2)17-9(16-7)4-5-18-6-8(12)13/h8H,3-6H2,1-2H3,(H,15,16,17). The van der Waals surface area contributed by atoms with Crippen LogP contribution in [0.3, 0.4) is 0 Å². The van der Waals surface area contributed by atoms with E-state index in [0.29, 0.717) is 12.2 Å². The normalized spacial score (nSPS) is 11.0. The highest BCUT2D eigenvalue weighted by Crippen LogP contribution is 2.19. The highest BCUT2D eigenvalue weighted by molar-refractivity contribution is 14.1. The Morgan fingerprint density at radius 1 is 1.39 bits per heavy atom. The fraction of sp³-hybridized carbons (Fsp3) is 0.636. The Morgan fingerprint density at radius 2 is 2.11 bits per heavy atom. The molecule has 1 rings (SSSR count). The van der Waals surface area contributed by atoms with E-state index in [1.54, 1.807) is 7.05 Å². The summed E-state index contributed by atoms with van der Waals surface area (Å²) in [7, 11) is 1.79. The predicted molar refractivity (Wildman–Crippen MR) is 74.2 cm³/mol. The Kier molecular flexibility index (Phi) is 6.69. The number of ether oxygens (including phenoxy) is 1. The van der Waals surface area contributed by atoms with Crippen LogP contribution in [0.5, 0.6) is 0 Å². The lowest BCUT2D eigenvalue weighted by atomic mass is 10.3. The van der Waals surface area contributed by atoms with Crippen molar-refractivity contribution in [2.45, 2.75) is 26.2 Å². The summed E-state index contributed by atoms with van der Waals surface area (Å²) in [5.41, 5.74) is 0.957. The van der Waals surface area contributed by atoms with E-state index >= 15 is 0 Å². The van der Waals surface area contributed by atoms with E-state index < -0.39 is 13.0 Å². The SMILES string of the molecule is CCc1nc(CCOCC(F)F)nc(NC)c1I. The lowest BCUT2D eigenvalue weighted by Crippen LogP contribution is -2.11. The molecule has 102 valence electrons. The van der Waals surface area contributed by atoms with E-state index in [9.17, 15) is 8.78 Å². The maximum Gasteiger partial charge on any atom is 0.261 e. The van der Waals surface area contributed by atoms with Gasteiger partial charge in [0.25, 0.3) is 6.43 Å². The van der Waals surface area contributed by atoms with Crippen molar-refractivity contribution >= 4 is 28.4 Å². The molecular weight excluding hydrogens is 355 g/mol. The molecule has 1 heterocycles. The minimum atomic E-state index is -2.43. The number of alkyl halides is 2. The molecule has 0 amide bonds. The van der Waals surface area contributed by atoms with Crippen molar-refractivity contribution in [3.8, 4) is 0 Å². The second-order valence-electron chi connectivity index (χ2n) is 3.57. The molecule has 0 spiro atoms. The summed E-state index contributed by atoms with van der Waals surface area (Å²) < 4.78 is 29.6. The first kappa shape index (κ1) is 15.5. The van der Waals surface area contributed by atoms with Gasteiger partial charge in [-0.25, -0.2) is 18.7 Å². The van der Waals surface area contributed by atoms with Gasteiger partial charge in [-0.2, -0.15) is 0 Å². The molecule has 0 aliphatic carbocycles. The average molecular weight is 371 g/mol. The largest absolute Gasteiger partial charge is 0.375 e. The summed E-state index contributed by atoms with van der Waals surface area (Å²) in [6.07, 6.45) is -1.19. The third kappa shape index (κ3) is 4.60. The third-order valence-electron chi connectivity index (χ3n) is 2.25. The number of rotatable bonds is 7. The summed E-state index contributed by atoms with van der Waals surface area (Å²) in [6, 6.07) is 0. The van der Waals surface area contributed by atoms with Crippen LogP contribution in [0.1, 0.15) is 18.4 Å². The number of nitrogens with one attached hydrogen (secondary N) is 1. The van der Waals surface area contributed by atoms with Gasteiger partial charge in [0.2, 0.25) is 0 Å². The van der Waals surface area contributed by atoms with Gasteiger partial charge >= 0.3 is 0 Å². The first-order valence-electron chi connectivity index (χ1n) is 5.67. The number of anilines is 1. The van der Waals surface area contributed by atoms with Crippen LogP contribution < -0.4 is 5.32 Å². The topological polar surface area (TPSA) is 47.0 Å². The van der Waals surface area contributed by atoms with Crippen LogP contribution in [0, 0.1) is 3.57 Å². The maximum absolute atomic E-state index is 11.9. The smallest absolute Gasteiger partial charge is 0.261 e. The van der Waals surface area contributed by atoms with Gasteiger partial charge in [-0.15, -0.1) is 0 Å². The molecule has 0 fully saturated rings. The van der Waals surface area contributed by atoms with Crippen molar-refractivity contribution in [3.05, 3.63) is 15.1 Å². The Labute approximate surface area is 119 Å². The Balaban J connectivity index is 2.65. The second-order valence-corrected chi connectivity index (χ2v) is 4.65. The number of halogens is 3. The van der Waals surface area contributed by atoms with Gasteiger partial charge in [0, 0.05) is 13.5 Å². The van der Waals surface area contributed by atoms with Crippen molar-refractivity contribution < 1.29 is 13.5 Å². The zero-order valence-corrected chi connectivity index (χ0v) is 12.5. The van der Waals surface area contributed by atoms with Crippen molar-refractivity contribution in [2.24, 2.45) is 0 Å². The molecule has 0 saturated heterocycles. The van der Waals surface area contributed by atoms with Crippen LogP contribution in [0.4, 0.5) is 14.6 Å². The van der Waals surface area contributed by atoms with Gasteiger partial charge < -0.3 is 10.1 Å². The minimum Gasteiger partial charge on any atom is -0.375 e. The number of hydrogen-bond donors (Lipinski definition) is 1. The van der Waals surface area contributed by atoms with Gasteiger partial charge in [0.05, 0.1) is 15.9 Å². The summed E-state index contributed by atoms with van der Waals surface area (Å²) in [4.78, 5) is 8.71. The molecule has 0 aliphatic rings. The van der Waals surface area contributed by atoms with E-state index in [-0.39, 0.29) is 6.61 Å². The van der Waals surface area contributed by atoms with E-state index in [0.717, 1.165) is 21.5 Å². The predicted octanol–water partition coefficient (Wildman–Crippen LogP) is 2.51. The van der Waals surface area contributed by atoms with Crippen molar-refractivity contribution in [1.82, 2.24) is 9.97 Å². The molecule has 0 aromatic carbocycles. The Morgan fingerprint density at radius 3 is 2.67 bits per heavy atom. The van der Waals surface area contributed by atoms with Crippen molar-refractivity contribution in [1.29, 1.82) is 0 Å². The van der Waals surface area contributed by atoms with Crippen LogP contribution in [-0.4, -0.2) is 36.7 Å². The quantitative estimate of drug-likeness (QED) is 0.591.